The Hall–Kier alpha value is -1.83. The van der Waals surface area contributed by atoms with Gasteiger partial charge in [-0.1, -0.05) is 23.7 Å². The molecule has 96 valence electrons. The molecular formula is C14H11ClN2OS. The summed E-state index contributed by atoms with van der Waals surface area (Å²) < 4.78 is 0. The van der Waals surface area contributed by atoms with E-state index in [0.717, 1.165) is 5.56 Å². The Morgan fingerprint density at radius 2 is 2.26 bits per heavy atom. The first-order chi connectivity index (χ1) is 9.11. The van der Waals surface area contributed by atoms with Crippen LogP contribution in [-0.2, 0) is 6.54 Å². The van der Waals surface area contributed by atoms with Crippen LogP contribution in [0, 0.1) is 11.3 Å². The highest BCUT2D eigenvalue weighted by molar-refractivity contribution is 7.12. The van der Waals surface area contributed by atoms with Crippen molar-refractivity contribution in [2.75, 3.05) is 7.05 Å². The number of carbonyl (C=O) groups is 1. The third kappa shape index (κ3) is 3.14. The van der Waals surface area contributed by atoms with Gasteiger partial charge in [0.1, 0.15) is 4.88 Å². The Bertz CT molecular complexity index is 645. The summed E-state index contributed by atoms with van der Waals surface area (Å²) in [6.45, 7) is 0.447. The summed E-state index contributed by atoms with van der Waals surface area (Å²) in [6, 6.07) is 11.0. The quantitative estimate of drug-likeness (QED) is 0.868. The van der Waals surface area contributed by atoms with Crippen LogP contribution in [0.5, 0.6) is 0 Å². The average molecular weight is 291 g/mol. The number of halogens is 1. The second-order valence-corrected chi connectivity index (χ2v) is 5.39. The lowest BCUT2D eigenvalue weighted by Gasteiger charge is -2.16. The molecule has 0 unspecified atom stereocenters. The molecule has 0 N–H and O–H groups in total. The van der Waals surface area contributed by atoms with Crippen molar-refractivity contribution >= 4 is 28.8 Å². The fraction of sp³-hybridized carbons (Fsp3) is 0.143. The second kappa shape index (κ2) is 5.87. The standard InChI is InChI=1S/C14H11ClN2OS/c1-17(14(18)13-12(15)5-6-19-13)9-11-4-2-3-10(7-11)8-16/h2-7H,9H2,1H3. The Balaban J connectivity index is 2.13. The van der Waals surface area contributed by atoms with Gasteiger partial charge in [0.25, 0.3) is 5.91 Å². The van der Waals surface area contributed by atoms with E-state index < -0.39 is 0 Å². The number of nitrogens with zero attached hydrogens (tertiary/aromatic N) is 2. The van der Waals surface area contributed by atoms with Gasteiger partial charge in [-0.2, -0.15) is 5.26 Å². The van der Waals surface area contributed by atoms with Crippen LogP contribution in [0.4, 0.5) is 0 Å². The zero-order valence-electron chi connectivity index (χ0n) is 10.3. The zero-order valence-corrected chi connectivity index (χ0v) is 11.8. The summed E-state index contributed by atoms with van der Waals surface area (Å²) in [5.41, 5.74) is 1.51. The Morgan fingerprint density at radius 3 is 2.89 bits per heavy atom. The van der Waals surface area contributed by atoms with E-state index in [1.807, 2.05) is 12.1 Å². The largest absolute Gasteiger partial charge is 0.337 e. The number of thiophene rings is 1. The summed E-state index contributed by atoms with van der Waals surface area (Å²) in [4.78, 5) is 14.3. The molecule has 0 saturated carbocycles. The van der Waals surface area contributed by atoms with Crippen LogP contribution in [0.1, 0.15) is 20.8 Å². The van der Waals surface area contributed by atoms with Gasteiger partial charge in [0, 0.05) is 13.6 Å². The molecule has 0 saturated heterocycles. The molecule has 0 fully saturated rings. The molecule has 0 radical (unpaired) electrons. The molecule has 1 amide bonds. The molecule has 1 aromatic carbocycles. The molecular weight excluding hydrogens is 280 g/mol. The summed E-state index contributed by atoms with van der Waals surface area (Å²) in [7, 11) is 1.72. The molecule has 0 bridgehead atoms. The van der Waals surface area contributed by atoms with E-state index in [2.05, 4.69) is 6.07 Å². The summed E-state index contributed by atoms with van der Waals surface area (Å²) in [5.74, 6) is -0.109. The topological polar surface area (TPSA) is 44.1 Å². The molecule has 3 nitrogen and oxygen atoms in total. The molecule has 2 aromatic rings. The molecule has 1 aromatic heterocycles. The number of amides is 1. The van der Waals surface area contributed by atoms with Crippen molar-refractivity contribution in [3.8, 4) is 6.07 Å². The van der Waals surface area contributed by atoms with E-state index in [0.29, 0.717) is 22.0 Å². The molecule has 0 aliphatic rings. The van der Waals surface area contributed by atoms with Crippen molar-refractivity contribution in [1.82, 2.24) is 4.90 Å². The molecule has 1 heterocycles. The Morgan fingerprint density at radius 1 is 1.47 bits per heavy atom. The lowest BCUT2D eigenvalue weighted by atomic mass is 10.1. The van der Waals surface area contributed by atoms with E-state index >= 15 is 0 Å². The number of carbonyl (C=O) groups excluding carboxylic acids is 1. The van der Waals surface area contributed by atoms with Crippen molar-refractivity contribution in [2.45, 2.75) is 6.54 Å². The van der Waals surface area contributed by atoms with Crippen LogP contribution in [0.25, 0.3) is 0 Å². The first-order valence-corrected chi connectivity index (χ1v) is 6.85. The molecule has 0 spiro atoms. The van der Waals surface area contributed by atoms with Crippen LogP contribution in [0.3, 0.4) is 0 Å². The van der Waals surface area contributed by atoms with Crippen LogP contribution in [0.2, 0.25) is 5.02 Å². The maximum absolute atomic E-state index is 12.2. The van der Waals surface area contributed by atoms with Gasteiger partial charge in [0.05, 0.1) is 16.7 Å². The monoisotopic (exact) mass is 290 g/mol. The van der Waals surface area contributed by atoms with E-state index in [1.54, 1.807) is 35.5 Å². The zero-order chi connectivity index (χ0) is 13.8. The van der Waals surface area contributed by atoms with Gasteiger partial charge in [-0.3, -0.25) is 4.79 Å². The number of hydrogen-bond donors (Lipinski definition) is 0. The minimum absolute atomic E-state index is 0.109. The average Bonchev–Trinajstić information content (AvgIpc) is 2.84. The molecule has 0 atom stereocenters. The van der Waals surface area contributed by atoms with Crippen molar-refractivity contribution in [3.63, 3.8) is 0 Å². The number of rotatable bonds is 3. The van der Waals surface area contributed by atoms with Crippen LogP contribution in [0.15, 0.2) is 35.7 Å². The van der Waals surface area contributed by atoms with Gasteiger partial charge in [-0.15, -0.1) is 11.3 Å². The van der Waals surface area contributed by atoms with E-state index in [1.165, 1.54) is 11.3 Å². The first-order valence-electron chi connectivity index (χ1n) is 5.59. The van der Waals surface area contributed by atoms with Crippen LogP contribution in [-0.4, -0.2) is 17.9 Å². The summed E-state index contributed by atoms with van der Waals surface area (Å²) >= 11 is 7.28. The SMILES string of the molecule is CN(Cc1cccc(C#N)c1)C(=O)c1sccc1Cl. The lowest BCUT2D eigenvalue weighted by molar-refractivity contribution is 0.0790. The maximum atomic E-state index is 12.2. The predicted octanol–water partition coefficient (Wildman–Crippen LogP) is 3.55. The maximum Gasteiger partial charge on any atom is 0.265 e. The van der Waals surface area contributed by atoms with Gasteiger partial charge in [0.15, 0.2) is 0 Å². The molecule has 0 aliphatic heterocycles. The van der Waals surface area contributed by atoms with Gasteiger partial charge in [0.2, 0.25) is 0 Å². The van der Waals surface area contributed by atoms with Crippen molar-refractivity contribution in [2.24, 2.45) is 0 Å². The highest BCUT2D eigenvalue weighted by atomic mass is 35.5. The fourth-order valence-corrected chi connectivity index (χ4v) is 2.83. The van der Waals surface area contributed by atoms with Gasteiger partial charge >= 0.3 is 0 Å². The summed E-state index contributed by atoms with van der Waals surface area (Å²) in [5, 5.41) is 11.1. The minimum atomic E-state index is -0.109. The fourth-order valence-electron chi connectivity index (χ4n) is 1.70. The van der Waals surface area contributed by atoms with Gasteiger partial charge < -0.3 is 4.90 Å². The van der Waals surface area contributed by atoms with Crippen LogP contribution < -0.4 is 0 Å². The second-order valence-electron chi connectivity index (χ2n) is 4.07. The molecule has 19 heavy (non-hydrogen) atoms. The molecule has 0 aliphatic carbocycles. The van der Waals surface area contributed by atoms with E-state index in [4.69, 9.17) is 16.9 Å². The highest BCUT2D eigenvalue weighted by Crippen LogP contribution is 2.23. The lowest BCUT2D eigenvalue weighted by Crippen LogP contribution is -2.25. The molecule has 2 rings (SSSR count). The third-order valence-corrected chi connectivity index (χ3v) is 3.96. The van der Waals surface area contributed by atoms with Crippen LogP contribution >= 0.6 is 22.9 Å². The highest BCUT2D eigenvalue weighted by Gasteiger charge is 2.16. The Labute approximate surface area is 120 Å². The molecule has 5 heteroatoms. The third-order valence-electron chi connectivity index (χ3n) is 2.63. The van der Waals surface area contributed by atoms with E-state index in [-0.39, 0.29) is 5.91 Å². The smallest absolute Gasteiger partial charge is 0.265 e. The first kappa shape index (κ1) is 13.6. The van der Waals surface area contributed by atoms with Crippen molar-refractivity contribution < 1.29 is 4.79 Å². The summed E-state index contributed by atoms with van der Waals surface area (Å²) in [6.07, 6.45) is 0. The minimum Gasteiger partial charge on any atom is -0.337 e. The normalized spacial score (nSPS) is 9.95. The predicted molar refractivity (Wildman–Crippen MR) is 76.3 cm³/mol. The van der Waals surface area contributed by atoms with Crippen molar-refractivity contribution in [1.29, 1.82) is 5.26 Å². The van der Waals surface area contributed by atoms with Gasteiger partial charge in [-0.25, -0.2) is 0 Å². The van der Waals surface area contributed by atoms with E-state index in [9.17, 15) is 4.79 Å². The van der Waals surface area contributed by atoms with Gasteiger partial charge in [-0.05, 0) is 29.1 Å². The number of hydrogen-bond acceptors (Lipinski definition) is 3. The number of nitriles is 1. The Kier molecular flexibility index (Phi) is 4.20. The number of benzene rings is 1. The van der Waals surface area contributed by atoms with Crippen molar-refractivity contribution in [3.05, 3.63) is 56.7 Å².